The molecule has 1 aliphatic heterocycles. The normalized spacial score (nSPS) is 16.9. The van der Waals surface area contributed by atoms with Gasteiger partial charge in [-0.15, -0.1) is 0 Å². The van der Waals surface area contributed by atoms with Crippen molar-refractivity contribution in [2.45, 2.75) is 26.5 Å². The molecule has 1 saturated heterocycles. The van der Waals surface area contributed by atoms with Crippen LogP contribution in [0.2, 0.25) is 0 Å². The highest BCUT2D eigenvalue weighted by atomic mass is 19.1. The fraction of sp³-hybridized carbons (Fsp3) is 0.500. The second-order valence-corrected chi connectivity index (χ2v) is 7.00. The summed E-state index contributed by atoms with van der Waals surface area (Å²) in [5, 5.41) is 7.44. The second kappa shape index (κ2) is 9.54. The minimum absolute atomic E-state index is 0.0705. The molecule has 0 aliphatic carbocycles. The van der Waals surface area contributed by atoms with E-state index in [1.807, 2.05) is 19.9 Å². The summed E-state index contributed by atoms with van der Waals surface area (Å²) < 4.78 is 23.9. The van der Waals surface area contributed by atoms with Crippen molar-refractivity contribution in [1.29, 1.82) is 0 Å². The van der Waals surface area contributed by atoms with Gasteiger partial charge >= 0.3 is 0 Å². The van der Waals surface area contributed by atoms with Crippen molar-refractivity contribution in [2.75, 3.05) is 39.8 Å². The van der Waals surface area contributed by atoms with Crippen molar-refractivity contribution in [3.05, 3.63) is 47.6 Å². The fourth-order valence-corrected chi connectivity index (χ4v) is 3.19. The Morgan fingerprint density at radius 3 is 2.61 bits per heavy atom. The van der Waals surface area contributed by atoms with Crippen LogP contribution >= 0.6 is 0 Å². The number of hydrogen-bond acceptors (Lipinski definition) is 5. The molecule has 0 radical (unpaired) electrons. The summed E-state index contributed by atoms with van der Waals surface area (Å²) in [7, 11) is 1.79. The summed E-state index contributed by atoms with van der Waals surface area (Å²) in [4.78, 5) is 9.00. The van der Waals surface area contributed by atoms with E-state index in [0.29, 0.717) is 12.3 Å². The number of halogens is 1. The number of rotatable bonds is 6. The summed E-state index contributed by atoms with van der Waals surface area (Å²) >= 11 is 0. The maximum atomic E-state index is 13.0. The van der Waals surface area contributed by atoms with Crippen molar-refractivity contribution < 1.29 is 13.7 Å². The zero-order chi connectivity index (χ0) is 19.9. The molecule has 1 aromatic carbocycles. The van der Waals surface area contributed by atoms with E-state index in [9.17, 15) is 4.39 Å². The Balaban J connectivity index is 1.42. The Labute approximate surface area is 165 Å². The van der Waals surface area contributed by atoms with Crippen LogP contribution in [-0.4, -0.2) is 66.8 Å². The Hall–Kier alpha value is -2.61. The maximum Gasteiger partial charge on any atom is 0.193 e. The Kier molecular flexibility index (Phi) is 6.86. The summed E-state index contributed by atoms with van der Waals surface area (Å²) in [6, 6.07) is 8.05. The molecule has 3 rings (SSSR count). The van der Waals surface area contributed by atoms with Crippen molar-refractivity contribution >= 4 is 5.96 Å². The van der Waals surface area contributed by atoms with Gasteiger partial charge in [0, 0.05) is 45.8 Å². The van der Waals surface area contributed by atoms with Crippen LogP contribution in [-0.2, 0) is 6.54 Å². The lowest BCUT2D eigenvalue weighted by molar-refractivity contribution is 0.167. The standard InChI is InChI=1S/C20H28FN5O2/c1-15-12-18(24-28-15)14-25-8-10-26(11-9-25)20(22-3)23-13-16(2)27-19-6-4-17(21)5-7-19/h4-7,12,16H,8-11,13-14H2,1-3H3,(H,22,23). The SMILES string of the molecule is CN=C(NCC(C)Oc1ccc(F)cc1)N1CCN(Cc2cc(C)on2)CC1. The van der Waals surface area contributed by atoms with Crippen LogP contribution in [0.15, 0.2) is 39.8 Å². The molecule has 152 valence electrons. The number of benzene rings is 1. The number of aryl methyl sites for hydroxylation is 1. The minimum atomic E-state index is -0.267. The fourth-order valence-electron chi connectivity index (χ4n) is 3.19. The van der Waals surface area contributed by atoms with Crippen LogP contribution in [0.5, 0.6) is 5.75 Å². The highest BCUT2D eigenvalue weighted by molar-refractivity contribution is 5.80. The zero-order valence-corrected chi connectivity index (χ0v) is 16.7. The average Bonchev–Trinajstić information content (AvgIpc) is 3.10. The number of ether oxygens (including phenoxy) is 1. The van der Waals surface area contributed by atoms with Crippen LogP contribution in [0.3, 0.4) is 0 Å². The predicted molar refractivity (Wildman–Crippen MR) is 106 cm³/mol. The molecule has 1 aliphatic rings. The van der Waals surface area contributed by atoms with Crippen molar-refractivity contribution in [2.24, 2.45) is 4.99 Å². The third-order valence-corrected chi connectivity index (χ3v) is 4.64. The van der Waals surface area contributed by atoms with E-state index in [1.165, 1.54) is 12.1 Å². The lowest BCUT2D eigenvalue weighted by Crippen LogP contribution is -2.53. The Bertz CT molecular complexity index is 769. The number of aromatic nitrogens is 1. The predicted octanol–water partition coefficient (Wildman–Crippen LogP) is 2.28. The van der Waals surface area contributed by atoms with E-state index in [4.69, 9.17) is 9.26 Å². The molecule has 1 N–H and O–H groups in total. The van der Waals surface area contributed by atoms with Gasteiger partial charge in [0.05, 0.1) is 12.2 Å². The Morgan fingerprint density at radius 2 is 2.00 bits per heavy atom. The molecule has 0 amide bonds. The minimum Gasteiger partial charge on any atom is -0.489 e. The van der Waals surface area contributed by atoms with Crippen LogP contribution in [0.1, 0.15) is 18.4 Å². The first-order valence-corrected chi connectivity index (χ1v) is 9.56. The number of piperazine rings is 1. The van der Waals surface area contributed by atoms with E-state index in [0.717, 1.165) is 50.1 Å². The van der Waals surface area contributed by atoms with E-state index in [2.05, 4.69) is 25.3 Å². The van der Waals surface area contributed by atoms with Gasteiger partial charge in [0.15, 0.2) is 5.96 Å². The molecule has 28 heavy (non-hydrogen) atoms. The molecule has 1 aromatic heterocycles. The van der Waals surface area contributed by atoms with Gasteiger partial charge in [-0.1, -0.05) is 5.16 Å². The van der Waals surface area contributed by atoms with E-state index < -0.39 is 0 Å². The highest BCUT2D eigenvalue weighted by Gasteiger charge is 2.21. The first-order chi connectivity index (χ1) is 13.5. The summed E-state index contributed by atoms with van der Waals surface area (Å²) in [6.07, 6.45) is -0.0705. The lowest BCUT2D eigenvalue weighted by atomic mass is 10.3. The van der Waals surface area contributed by atoms with Crippen LogP contribution in [0, 0.1) is 12.7 Å². The molecule has 0 spiro atoms. The van der Waals surface area contributed by atoms with Gasteiger partial charge in [-0.2, -0.15) is 0 Å². The quantitative estimate of drug-likeness (QED) is 0.604. The molecular formula is C20H28FN5O2. The zero-order valence-electron chi connectivity index (χ0n) is 16.7. The molecule has 8 heteroatoms. The molecule has 1 atom stereocenters. The first kappa shape index (κ1) is 20.1. The smallest absolute Gasteiger partial charge is 0.193 e. The molecule has 1 unspecified atom stereocenters. The third kappa shape index (κ3) is 5.69. The van der Waals surface area contributed by atoms with Gasteiger partial charge in [0.1, 0.15) is 23.4 Å². The van der Waals surface area contributed by atoms with Gasteiger partial charge in [0.25, 0.3) is 0 Å². The lowest BCUT2D eigenvalue weighted by Gasteiger charge is -2.36. The second-order valence-electron chi connectivity index (χ2n) is 7.00. The first-order valence-electron chi connectivity index (χ1n) is 9.56. The van der Waals surface area contributed by atoms with Gasteiger partial charge in [0.2, 0.25) is 0 Å². The molecular weight excluding hydrogens is 361 g/mol. The van der Waals surface area contributed by atoms with Gasteiger partial charge in [-0.25, -0.2) is 4.39 Å². The molecule has 1 fully saturated rings. The van der Waals surface area contributed by atoms with Crippen LogP contribution < -0.4 is 10.1 Å². The monoisotopic (exact) mass is 389 g/mol. The van der Waals surface area contributed by atoms with E-state index in [1.54, 1.807) is 19.2 Å². The van der Waals surface area contributed by atoms with Crippen molar-refractivity contribution in [3.8, 4) is 5.75 Å². The van der Waals surface area contributed by atoms with Crippen molar-refractivity contribution in [3.63, 3.8) is 0 Å². The number of nitrogens with one attached hydrogen (secondary N) is 1. The molecule has 0 bridgehead atoms. The van der Waals surface area contributed by atoms with Gasteiger partial charge in [-0.3, -0.25) is 9.89 Å². The molecule has 0 saturated carbocycles. The van der Waals surface area contributed by atoms with Crippen LogP contribution in [0.25, 0.3) is 0 Å². The molecule has 2 heterocycles. The summed E-state index contributed by atoms with van der Waals surface area (Å²) in [6.45, 7) is 8.96. The largest absolute Gasteiger partial charge is 0.489 e. The number of hydrogen-bond donors (Lipinski definition) is 1. The molecule has 7 nitrogen and oxygen atoms in total. The average molecular weight is 389 g/mol. The van der Waals surface area contributed by atoms with E-state index in [-0.39, 0.29) is 11.9 Å². The number of nitrogens with zero attached hydrogens (tertiary/aromatic N) is 4. The Morgan fingerprint density at radius 1 is 1.29 bits per heavy atom. The van der Waals surface area contributed by atoms with E-state index >= 15 is 0 Å². The maximum absolute atomic E-state index is 13.0. The van der Waals surface area contributed by atoms with Crippen molar-refractivity contribution in [1.82, 2.24) is 20.3 Å². The number of guanidine groups is 1. The molecule has 2 aromatic rings. The topological polar surface area (TPSA) is 66.1 Å². The number of aliphatic imine (C=N–C) groups is 1. The highest BCUT2D eigenvalue weighted by Crippen LogP contribution is 2.13. The summed E-state index contributed by atoms with van der Waals surface area (Å²) in [5.74, 6) is 2.10. The summed E-state index contributed by atoms with van der Waals surface area (Å²) in [5.41, 5.74) is 0.972. The van der Waals surface area contributed by atoms with Crippen LogP contribution in [0.4, 0.5) is 4.39 Å². The third-order valence-electron chi connectivity index (χ3n) is 4.64. The van der Waals surface area contributed by atoms with Gasteiger partial charge in [-0.05, 0) is 38.1 Å². The van der Waals surface area contributed by atoms with Gasteiger partial charge < -0.3 is 19.5 Å².